The zero-order valence-corrected chi connectivity index (χ0v) is 22.7. The van der Waals surface area contributed by atoms with E-state index in [0.29, 0.717) is 0 Å². The van der Waals surface area contributed by atoms with E-state index in [0.717, 1.165) is 0 Å². The van der Waals surface area contributed by atoms with Gasteiger partial charge in [0.05, 0.1) is 0 Å². The third-order valence-electron chi connectivity index (χ3n) is 5.92. The fourth-order valence-electron chi connectivity index (χ4n) is 4.57. The van der Waals surface area contributed by atoms with Crippen molar-refractivity contribution < 1.29 is 49.4 Å². The van der Waals surface area contributed by atoms with Crippen LogP contribution in [0.3, 0.4) is 0 Å². The lowest BCUT2D eigenvalue weighted by Crippen LogP contribution is -2.80. The maximum absolute atomic E-state index is 12.3. The average Bonchev–Trinajstić information content (AvgIpc) is 3.13. The highest BCUT2D eigenvalue weighted by atomic mass is 28.5. The van der Waals surface area contributed by atoms with E-state index >= 15 is 0 Å². The van der Waals surface area contributed by atoms with E-state index in [2.05, 4.69) is 5.32 Å². The number of amides is 2. The van der Waals surface area contributed by atoms with Crippen LogP contribution in [0.5, 0.6) is 0 Å². The van der Waals surface area contributed by atoms with Crippen LogP contribution < -0.4 is 5.32 Å². The molecule has 1 fully saturated rings. The fraction of sp³-hybridized carbons (Fsp3) is 0.875. The second-order valence-corrected chi connectivity index (χ2v) is 17.8. The van der Waals surface area contributed by atoms with E-state index < -0.39 is 36.6 Å². The molecule has 2 amide bonds. The molecule has 0 aliphatic carbocycles. The molecule has 12 nitrogen and oxygen atoms in total. The largest absolute Gasteiger partial charge is 0.515 e. The van der Waals surface area contributed by atoms with Crippen molar-refractivity contribution in [2.45, 2.75) is 23.5 Å². The van der Waals surface area contributed by atoms with Crippen molar-refractivity contribution in [3.63, 3.8) is 0 Å². The molecule has 1 unspecified atom stereocenters. The first kappa shape index (κ1) is 28.5. The highest BCUT2D eigenvalue weighted by molar-refractivity contribution is 7.02. The second kappa shape index (κ2) is 11.5. The lowest BCUT2D eigenvalue weighted by molar-refractivity contribution is -0.125. The Kier molecular flexibility index (Phi) is 10.6. The van der Waals surface area contributed by atoms with Crippen LogP contribution in [0.1, 0.15) is 19.3 Å². The third-order valence-corrected chi connectivity index (χ3v) is 20.2. The minimum absolute atomic E-state index is 0.0550. The monoisotopic (exact) mass is 501 g/mol. The van der Waals surface area contributed by atoms with Gasteiger partial charge in [-0.25, -0.2) is 0 Å². The van der Waals surface area contributed by atoms with Gasteiger partial charge in [-0.2, -0.15) is 0 Å². The van der Waals surface area contributed by atoms with Crippen molar-refractivity contribution >= 4 is 38.2 Å². The molecule has 1 aliphatic heterocycles. The molecule has 0 aromatic carbocycles. The predicted molar refractivity (Wildman–Crippen MR) is 114 cm³/mol. The Morgan fingerprint density at radius 1 is 0.710 bits per heavy atom. The number of nitrogens with one attached hydrogen (secondary N) is 1. The molecule has 31 heavy (non-hydrogen) atoms. The van der Waals surface area contributed by atoms with Crippen LogP contribution in [0.2, 0.25) is 4.28 Å². The molecule has 0 saturated carbocycles. The molecule has 0 aromatic rings. The van der Waals surface area contributed by atoms with Crippen molar-refractivity contribution in [2.75, 3.05) is 64.0 Å². The molecule has 1 aliphatic rings. The first-order valence-electron chi connectivity index (χ1n) is 9.48. The molecule has 182 valence electrons. The van der Waals surface area contributed by atoms with Gasteiger partial charge < -0.3 is 39.8 Å². The summed E-state index contributed by atoms with van der Waals surface area (Å²) >= 11 is 0. The summed E-state index contributed by atoms with van der Waals surface area (Å²) < 4.78 is 51.7. The first-order chi connectivity index (χ1) is 14.7. The summed E-state index contributed by atoms with van der Waals surface area (Å²) in [6.07, 6.45) is 0.390. The van der Waals surface area contributed by atoms with Crippen molar-refractivity contribution in [1.29, 1.82) is 0 Å². The second-order valence-electron chi connectivity index (χ2n) is 6.76. The summed E-state index contributed by atoms with van der Waals surface area (Å²) in [4.78, 5) is 24.1. The average molecular weight is 502 g/mol. The van der Waals surface area contributed by atoms with E-state index in [9.17, 15) is 9.59 Å². The first-order valence-corrected chi connectivity index (χ1v) is 14.7. The minimum Gasteiger partial charge on any atom is -0.377 e. The highest BCUT2D eigenvalue weighted by Gasteiger charge is 2.88. The van der Waals surface area contributed by atoms with Gasteiger partial charge in [0, 0.05) is 76.3 Å². The number of hydrogen-bond donors (Lipinski definition) is 1. The van der Waals surface area contributed by atoms with E-state index in [1.165, 1.54) is 64.0 Å². The molecule has 15 heteroatoms. The quantitative estimate of drug-likeness (QED) is 0.238. The van der Waals surface area contributed by atoms with E-state index in [1.54, 1.807) is 0 Å². The zero-order chi connectivity index (χ0) is 23.9. The lowest BCUT2D eigenvalue weighted by Gasteiger charge is -2.53. The number of imide groups is 1. The maximum Gasteiger partial charge on any atom is 0.515 e. The Bertz CT molecular complexity index is 537. The summed E-state index contributed by atoms with van der Waals surface area (Å²) in [7, 11) is 1.33. The van der Waals surface area contributed by atoms with Gasteiger partial charge >= 0.3 is 26.4 Å². The van der Waals surface area contributed by atoms with Gasteiger partial charge in [0.1, 0.15) is 0 Å². The molecule has 0 aromatic heterocycles. The standard InChI is InChI=1S/C16H35NO11Si3/c1-20-29(21-2,22-3)16(30(23-4,24-5)25-6,31(26-7,27-8)28-9)11-10-13-12-14(18)17-15(13)19/h13H,10-12H2,1-9H3,(H,17,18,19). The van der Waals surface area contributed by atoms with E-state index in [1.807, 2.05) is 0 Å². The van der Waals surface area contributed by atoms with Gasteiger partial charge in [-0.15, -0.1) is 0 Å². The Balaban J connectivity index is 3.91. The van der Waals surface area contributed by atoms with Crippen molar-refractivity contribution in [3.05, 3.63) is 0 Å². The molecule has 1 heterocycles. The molecule has 1 saturated heterocycles. The smallest absolute Gasteiger partial charge is 0.377 e. The lowest BCUT2D eigenvalue weighted by atomic mass is 10.0. The predicted octanol–water partition coefficient (Wildman–Crippen LogP) is -0.118. The highest BCUT2D eigenvalue weighted by Crippen LogP contribution is 2.59. The molecule has 0 spiro atoms. The van der Waals surface area contributed by atoms with Crippen LogP contribution in [-0.4, -0.2) is 102 Å². The summed E-state index contributed by atoms with van der Waals surface area (Å²) in [5.41, 5.74) is 0. The summed E-state index contributed by atoms with van der Waals surface area (Å²) in [6.45, 7) is 0. The molecular weight excluding hydrogens is 466 g/mol. The Morgan fingerprint density at radius 3 is 1.26 bits per heavy atom. The van der Waals surface area contributed by atoms with Crippen LogP contribution >= 0.6 is 0 Å². The van der Waals surface area contributed by atoms with Crippen LogP contribution in [0, 0.1) is 5.92 Å². The van der Waals surface area contributed by atoms with E-state index in [4.69, 9.17) is 39.8 Å². The molecule has 0 radical (unpaired) electrons. The van der Waals surface area contributed by atoms with Crippen LogP contribution in [-0.2, 0) is 49.4 Å². The number of rotatable bonds is 15. The number of carbonyl (C=O) groups excluding carboxylic acids is 2. The third kappa shape index (κ3) is 4.34. The van der Waals surface area contributed by atoms with Crippen LogP contribution in [0.4, 0.5) is 0 Å². The molecular formula is C16H35NO11Si3. The van der Waals surface area contributed by atoms with E-state index in [-0.39, 0.29) is 31.1 Å². The van der Waals surface area contributed by atoms with Crippen molar-refractivity contribution in [1.82, 2.24) is 5.32 Å². The van der Waals surface area contributed by atoms with Crippen LogP contribution in [0.25, 0.3) is 0 Å². The van der Waals surface area contributed by atoms with Crippen molar-refractivity contribution in [3.8, 4) is 0 Å². The minimum atomic E-state index is -3.85. The van der Waals surface area contributed by atoms with Gasteiger partial charge in [-0.05, 0) is 12.8 Å². The number of carbonyl (C=O) groups is 2. The summed E-state index contributed by atoms with van der Waals surface area (Å²) in [6, 6.07) is 0. The van der Waals surface area contributed by atoms with Gasteiger partial charge in [-0.3, -0.25) is 14.9 Å². The summed E-state index contributed by atoms with van der Waals surface area (Å²) in [5.74, 6) is -1.28. The van der Waals surface area contributed by atoms with Crippen molar-refractivity contribution in [2.24, 2.45) is 5.92 Å². The van der Waals surface area contributed by atoms with Gasteiger partial charge in [-0.1, -0.05) is 0 Å². The Morgan fingerprint density at radius 2 is 1.03 bits per heavy atom. The molecule has 1 rings (SSSR count). The SMILES string of the molecule is CO[Si](OC)(OC)C(CCC1CC(=O)NC1=O)([Si](OC)(OC)OC)[Si](OC)(OC)OC. The normalized spacial score (nSPS) is 18.5. The topological polar surface area (TPSA) is 129 Å². The van der Waals surface area contributed by atoms with Gasteiger partial charge in [0.2, 0.25) is 11.8 Å². The maximum atomic E-state index is 12.3. The Labute approximate surface area is 186 Å². The van der Waals surface area contributed by atoms with Gasteiger partial charge in [0.15, 0.2) is 4.28 Å². The fourth-order valence-corrected chi connectivity index (χ4v) is 20.6. The molecule has 1 atom stereocenters. The molecule has 0 bridgehead atoms. The van der Waals surface area contributed by atoms with Gasteiger partial charge in [0.25, 0.3) is 0 Å². The number of hydrogen-bond acceptors (Lipinski definition) is 11. The zero-order valence-electron chi connectivity index (χ0n) is 19.7. The van der Waals surface area contributed by atoms with Crippen LogP contribution in [0.15, 0.2) is 0 Å². The molecule has 1 N–H and O–H groups in total. The summed E-state index contributed by atoms with van der Waals surface area (Å²) in [5, 5.41) is 2.32. The Hall–Kier alpha value is -0.569.